The SMILES string of the molecule is CCCCCS(=O)(=O)CC(=O)Nc1ccc(Cl)cc1N. The van der Waals surface area contributed by atoms with Crippen LogP contribution in [0.25, 0.3) is 0 Å². The lowest BCUT2D eigenvalue weighted by Gasteiger charge is -2.09. The molecule has 0 spiro atoms. The van der Waals surface area contributed by atoms with Crippen molar-refractivity contribution in [2.75, 3.05) is 22.6 Å². The Morgan fingerprint density at radius 2 is 2.05 bits per heavy atom. The Morgan fingerprint density at radius 1 is 1.35 bits per heavy atom. The molecule has 112 valence electrons. The number of rotatable bonds is 7. The highest BCUT2D eigenvalue weighted by Crippen LogP contribution is 2.22. The van der Waals surface area contributed by atoms with E-state index < -0.39 is 21.5 Å². The van der Waals surface area contributed by atoms with Crippen molar-refractivity contribution in [3.05, 3.63) is 23.2 Å². The van der Waals surface area contributed by atoms with Gasteiger partial charge in [0.2, 0.25) is 5.91 Å². The molecule has 0 aliphatic rings. The van der Waals surface area contributed by atoms with Crippen LogP contribution in [0.1, 0.15) is 26.2 Å². The van der Waals surface area contributed by atoms with E-state index in [4.69, 9.17) is 17.3 Å². The van der Waals surface area contributed by atoms with Crippen LogP contribution >= 0.6 is 11.6 Å². The maximum Gasteiger partial charge on any atom is 0.239 e. The lowest BCUT2D eigenvalue weighted by Crippen LogP contribution is -2.25. The molecule has 20 heavy (non-hydrogen) atoms. The van der Waals surface area contributed by atoms with Gasteiger partial charge in [-0.25, -0.2) is 8.42 Å². The van der Waals surface area contributed by atoms with Crippen LogP contribution in [0.3, 0.4) is 0 Å². The minimum atomic E-state index is -3.37. The van der Waals surface area contributed by atoms with Crippen molar-refractivity contribution in [3.63, 3.8) is 0 Å². The maximum atomic E-state index is 11.7. The molecule has 0 aliphatic carbocycles. The summed E-state index contributed by atoms with van der Waals surface area (Å²) in [6, 6.07) is 4.61. The third kappa shape index (κ3) is 5.79. The molecular formula is C13H19ClN2O3S. The summed E-state index contributed by atoms with van der Waals surface area (Å²) in [5.41, 5.74) is 6.35. The monoisotopic (exact) mass is 318 g/mol. The molecule has 0 heterocycles. The summed E-state index contributed by atoms with van der Waals surface area (Å²) in [5.74, 6) is -1.08. The minimum absolute atomic E-state index is 0.0321. The van der Waals surface area contributed by atoms with Crippen molar-refractivity contribution in [3.8, 4) is 0 Å². The van der Waals surface area contributed by atoms with Crippen molar-refractivity contribution in [2.45, 2.75) is 26.2 Å². The van der Waals surface area contributed by atoms with Gasteiger partial charge in [-0.15, -0.1) is 0 Å². The van der Waals surface area contributed by atoms with E-state index in [1.165, 1.54) is 6.07 Å². The molecule has 5 nitrogen and oxygen atoms in total. The molecule has 0 aromatic heterocycles. The normalized spacial score (nSPS) is 11.3. The minimum Gasteiger partial charge on any atom is -0.397 e. The summed E-state index contributed by atoms with van der Waals surface area (Å²) >= 11 is 5.74. The van der Waals surface area contributed by atoms with Crippen LogP contribution in [0.15, 0.2) is 18.2 Å². The van der Waals surface area contributed by atoms with Gasteiger partial charge in [0.25, 0.3) is 0 Å². The zero-order valence-electron chi connectivity index (χ0n) is 11.4. The molecular weight excluding hydrogens is 300 g/mol. The van der Waals surface area contributed by atoms with Crippen molar-refractivity contribution in [2.24, 2.45) is 0 Å². The molecule has 0 bridgehead atoms. The van der Waals surface area contributed by atoms with Gasteiger partial charge in [0.05, 0.1) is 17.1 Å². The second-order valence-corrected chi connectivity index (χ2v) is 7.20. The van der Waals surface area contributed by atoms with Crippen LogP contribution in [0.4, 0.5) is 11.4 Å². The molecule has 0 atom stereocenters. The summed E-state index contributed by atoms with van der Waals surface area (Å²) in [4.78, 5) is 11.7. The van der Waals surface area contributed by atoms with Crippen LogP contribution in [-0.2, 0) is 14.6 Å². The zero-order valence-corrected chi connectivity index (χ0v) is 12.9. The number of sulfone groups is 1. The first kappa shape index (κ1) is 16.8. The van der Waals surface area contributed by atoms with E-state index in [9.17, 15) is 13.2 Å². The second-order valence-electron chi connectivity index (χ2n) is 4.58. The predicted octanol–water partition coefficient (Wildman–Crippen LogP) is 2.47. The topological polar surface area (TPSA) is 89.3 Å². The van der Waals surface area contributed by atoms with Gasteiger partial charge in [-0.3, -0.25) is 4.79 Å². The number of nitrogens with two attached hydrogens (primary N) is 1. The molecule has 0 saturated carbocycles. The number of anilines is 2. The number of amides is 1. The van der Waals surface area contributed by atoms with Crippen molar-refractivity contribution in [1.29, 1.82) is 0 Å². The fraction of sp³-hybridized carbons (Fsp3) is 0.462. The van der Waals surface area contributed by atoms with Gasteiger partial charge in [-0.05, 0) is 24.6 Å². The molecule has 1 aromatic carbocycles. The first-order chi connectivity index (χ1) is 9.34. The van der Waals surface area contributed by atoms with Gasteiger partial charge in [0, 0.05) is 5.02 Å². The Balaban J connectivity index is 2.59. The summed E-state index contributed by atoms with van der Waals surface area (Å²) in [7, 11) is -3.37. The number of carbonyl (C=O) groups excluding carboxylic acids is 1. The van der Waals surface area contributed by atoms with E-state index in [-0.39, 0.29) is 5.75 Å². The second kappa shape index (κ2) is 7.50. The third-order valence-corrected chi connectivity index (χ3v) is 4.55. The fourth-order valence-corrected chi connectivity index (χ4v) is 3.12. The highest BCUT2D eigenvalue weighted by Gasteiger charge is 2.17. The van der Waals surface area contributed by atoms with Gasteiger partial charge in [0.15, 0.2) is 9.84 Å². The molecule has 7 heteroatoms. The lowest BCUT2D eigenvalue weighted by molar-refractivity contribution is -0.113. The van der Waals surface area contributed by atoms with E-state index in [0.29, 0.717) is 22.8 Å². The number of benzene rings is 1. The van der Waals surface area contributed by atoms with Crippen LogP contribution in [0.5, 0.6) is 0 Å². The Hall–Kier alpha value is -1.27. The molecule has 0 aliphatic heterocycles. The van der Waals surface area contributed by atoms with E-state index in [1.807, 2.05) is 6.92 Å². The summed E-state index contributed by atoms with van der Waals surface area (Å²) in [6.07, 6.45) is 2.35. The van der Waals surface area contributed by atoms with E-state index in [0.717, 1.165) is 12.8 Å². The van der Waals surface area contributed by atoms with Gasteiger partial charge in [-0.2, -0.15) is 0 Å². The van der Waals surface area contributed by atoms with Crippen molar-refractivity contribution >= 4 is 38.7 Å². The molecule has 1 amide bonds. The zero-order chi connectivity index (χ0) is 15.2. The highest BCUT2D eigenvalue weighted by molar-refractivity contribution is 7.92. The molecule has 3 N–H and O–H groups in total. The highest BCUT2D eigenvalue weighted by atomic mass is 35.5. The van der Waals surface area contributed by atoms with Crippen molar-refractivity contribution in [1.82, 2.24) is 0 Å². The van der Waals surface area contributed by atoms with Crippen molar-refractivity contribution < 1.29 is 13.2 Å². The Bertz CT molecular complexity index is 573. The number of unbranched alkanes of at least 4 members (excludes halogenated alkanes) is 2. The first-order valence-corrected chi connectivity index (χ1v) is 8.59. The number of nitrogen functional groups attached to an aromatic ring is 1. The first-order valence-electron chi connectivity index (χ1n) is 6.39. The number of nitrogens with one attached hydrogen (secondary N) is 1. The molecule has 0 fully saturated rings. The summed E-state index contributed by atoms with van der Waals surface area (Å²) in [5, 5.41) is 2.93. The maximum absolute atomic E-state index is 11.7. The van der Waals surface area contributed by atoms with E-state index in [1.54, 1.807) is 12.1 Å². The molecule has 1 aromatic rings. The van der Waals surface area contributed by atoms with Gasteiger partial charge in [-0.1, -0.05) is 31.4 Å². The Morgan fingerprint density at radius 3 is 2.65 bits per heavy atom. The van der Waals surface area contributed by atoms with Crippen LogP contribution in [0, 0.1) is 0 Å². The van der Waals surface area contributed by atoms with Crippen LogP contribution < -0.4 is 11.1 Å². The smallest absolute Gasteiger partial charge is 0.239 e. The lowest BCUT2D eigenvalue weighted by atomic mass is 10.2. The largest absolute Gasteiger partial charge is 0.397 e. The van der Waals surface area contributed by atoms with Gasteiger partial charge < -0.3 is 11.1 Å². The molecule has 0 unspecified atom stereocenters. The molecule has 1 rings (SSSR count). The summed E-state index contributed by atoms with van der Waals surface area (Å²) in [6.45, 7) is 1.99. The third-order valence-electron chi connectivity index (χ3n) is 2.70. The number of hydrogen-bond acceptors (Lipinski definition) is 4. The van der Waals surface area contributed by atoms with Gasteiger partial charge >= 0.3 is 0 Å². The number of hydrogen-bond donors (Lipinski definition) is 2. The fourth-order valence-electron chi connectivity index (χ4n) is 1.68. The Labute approximate surface area is 124 Å². The predicted molar refractivity (Wildman–Crippen MR) is 82.7 cm³/mol. The van der Waals surface area contributed by atoms with E-state index in [2.05, 4.69) is 5.32 Å². The Kier molecular flexibility index (Phi) is 6.29. The quantitative estimate of drug-likeness (QED) is 0.597. The number of carbonyl (C=O) groups is 1. The van der Waals surface area contributed by atoms with Crippen LogP contribution in [0.2, 0.25) is 5.02 Å². The van der Waals surface area contributed by atoms with E-state index >= 15 is 0 Å². The molecule has 0 radical (unpaired) electrons. The van der Waals surface area contributed by atoms with Crippen LogP contribution in [-0.4, -0.2) is 25.8 Å². The summed E-state index contributed by atoms with van der Waals surface area (Å²) < 4.78 is 23.5. The number of halogens is 1. The average molecular weight is 319 g/mol. The van der Waals surface area contributed by atoms with Gasteiger partial charge in [0.1, 0.15) is 5.75 Å². The standard InChI is InChI=1S/C13H19ClN2O3S/c1-2-3-4-7-20(18,19)9-13(17)16-12-6-5-10(14)8-11(12)15/h5-6,8H,2-4,7,9,15H2,1H3,(H,16,17). The molecule has 0 saturated heterocycles. The average Bonchev–Trinajstić information content (AvgIpc) is 2.32.